The van der Waals surface area contributed by atoms with Crippen LogP contribution in [-0.4, -0.2) is 32.3 Å². The number of rotatable bonds is 8. The molecule has 7 nitrogen and oxygen atoms in total. The van der Waals surface area contributed by atoms with Gasteiger partial charge in [0.1, 0.15) is 0 Å². The number of halogens is 3. The van der Waals surface area contributed by atoms with Gasteiger partial charge in [0.15, 0.2) is 11.0 Å². The molecular weight excluding hydrogens is 561 g/mol. The number of nitrogens with zero attached hydrogens (tertiary/aromatic N) is 3. The van der Waals surface area contributed by atoms with Gasteiger partial charge in [0, 0.05) is 22.3 Å². The first-order valence-corrected chi connectivity index (χ1v) is 13.0. The lowest BCUT2D eigenvalue weighted by atomic mass is 10.1. The van der Waals surface area contributed by atoms with E-state index in [1.165, 1.54) is 17.8 Å². The normalized spacial score (nSPS) is 11.9. The van der Waals surface area contributed by atoms with E-state index in [0.717, 1.165) is 21.3 Å². The molecule has 11 heteroatoms. The van der Waals surface area contributed by atoms with Crippen LogP contribution in [0.3, 0.4) is 0 Å². The molecule has 0 radical (unpaired) electrons. The second-order valence-corrected chi connectivity index (χ2v) is 10.3. The largest absolute Gasteiger partial charge is 0.342 e. The summed E-state index contributed by atoms with van der Waals surface area (Å²) in [5, 5.41) is 15.7. The van der Waals surface area contributed by atoms with Gasteiger partial charge >= 0.3 is 0 Å². The molecule has 0 aliphatic heterocycles. The Morgan fingerprint density at radius 1 is 1.12 bits per heavy atom. The van der Waals surface area contributed by atoms with Gasteiger partial charge in [-0.3, -0.25) is 9.59 Å². The van der Waals surface area contributed by atoms with Gasteiger partial charge in [0.2, 0.25) is 5.91 Å². The summed E-state index contributed by atoms with van der Waals surface area (Å²) in [6.07, 6.45) is 0. The number of carbonyl (C=O) groups excluding carboxylic acids is 2. The molecule has 0 unspecified atom stereocenters. The summed E-state index contributed by atoms with van der Waals surface area (Å²) >= 11 is 16.7. The molecule has 0 bridgehead atoms. The Kier molecular flexibility index (Phi) is 9.03. The highest BCUT2D eigenvalue weighted by atomic mass is 79.9. The number of benzene rings is 2. The maximum atomic E-state index is 12.6. The smallest absolute Gasteiger partial charge is 0.251 e. The quantitative estimate of drug-likeness (QED) is 0.307. The lowest BCUT2D eigenvalue weighted by molar-refractivity contribution is -0.113. The van der Waals surface area contributed by atoms with Crippen molar-refractivity contribution in [2.75, 3.05) is 11.1 Å². The number of carbonyl (C=O) groups is 2. The molecule has 0 aliphatic carbocycles. The minimum atomic E-state index is -0.411. The van der Waals surface area contributed by atoms with Gasteiger partial charge in [-0.1, -0.05) is 50.9 Å². The van der Waals surface area contributed by atoms with E-state index in [9.17, 15) is 9.59 Å². The first-order valence-electron chi connectivity index (χ1n) is 10.5. The third-order valence-corrected chi connectivity index (χ3v) is 7.24. The summed E-state index contributed by atoms with van der Waals surface area (Å²) in [5.41, 5.74) is 3.17. The van der Waals surface area contributed by atoms with Crippen LogP contribution in [0.5, 0.6) is 0 Å². The monoisotopic (exact) mass is 583 g/mol. The van der Waals surface area contributed by atoms with Gasteiger partial charge in [0.25, 0.3) is 5.91 Å². The van der Waals surface area contributed by atoms with Gasteiger partial charge in [-0.05, 0) is 69.2 Å². The summed E-state index contributed by atoms with van der Waals surface area (Å²) < 4.78 is 2.85. The molecule has 0 spiro atoms. The van der Waals surface area contributed by atoms with E-state index < -0.39 is 6.04 Å². The van der Waals surface area contributed by atoms with E-state index in [0.29, 0.717) is 33.1 Å². The molecule has 1 atom stereocenters. The van der Waals surface area contributed by atoms with Crippen molar-refractivity contribution in [3.63, 3.8) is 0 Å². The van der Waals surface area contributed by atoms with Crippen molar-refractivity contribution in [2.24, 2.45) is 0 Å². The number of hydrogen-bond donors (Lipinski definition) is 2. The highest BCUT2D eigenvalue weighted by Crippen LogP contribution is 2.27. The second-order valence-electron chi connectivity index (χ2n) is 7.66. The van der Waals surface area contributed by atoms with E-state index in [2.05, 4.69) is 36.8 Å². The Balaban J connectivity index is 1.66. The third-order valence-electron chi connectivity index (χ3n) is 5.07. The first kappa shape index (κ1) is 26.5. The Morgan fingerprint density at radius 2 is 1.79 bits per heavy atom. The number of nitrogens with one attached hydrogen (secondary N) is 2. The van der Waals surface area contributed by atoms with Gasteiger partial charge in [-0.15, -0.1) is 10.2 Å². The summed E-state index contributed by atoms with van der Waals surface area (Å²) in [6.45, 7) is 8.28. The van der Waals surface area contributed by atoms with Crippen LogP contribution in [0.15, 0.2) is 40.0 Å². The van der Waals surface area contributed by atoms with E-state index in [4.69, 9.17) is 23.2 Å². The number of anilines is 1. The molecule has 2 amide bonds. The molecule has 0 saturated carbocycles. The molecular formula is C23H24BrCl2N5O2S. The highest BCUT2D eigenvalue weighted by Gasteiger charge is 2.21. The Labute approximate surface area is 221 Å². The van der Waals surface area contributed by atoms with Gasteiger partial charge in [-0.25, -0.2) is 0 Å². The highest BCUT2D eigenvalue weighted by molar-refractivity contribution is 9.10. The van der Waals surface area contributed by atoms with E-state index >= 15 is 0 Å². The molecule has 3 rings (SSSR count). The molecule has 2 aromatic carbocycles. The molecule has 1 heterocycles. The van der Waals surface area contributed by atoms with Crippen molar-refractivity contribution in [3.05, 3.63) is 67.4 Å². The SMILES string of the molecule is CCn1c(SCC(=O)Nc2c(C)cc(Br)cc2C)nnc1[C@H](C)NC(=O)c1ccc(Cl)c(Cl)c1. The van der Waals surface area contributed by atoms with E-state index in [-0.39, 0.29) is 17.6 Å². The van der Waals surface area contributed by atoms with Crippen LogP contribution in [0.2, 0.25) is 10.0 Å². The van der Waals surface area contributed by atoms with Crippen molar-refractivity contribution in [2.45, 2.75) is 45.4 Å². The number of amides is 2. The van der Waals surface area contributed by atoms with Gasteiger partial charge in [-0.2, -0.15) is 0 Å². The van der Waals surface area contributed by atoms with Crippen LogP contribution in [0.1, 0.15) is 47.2 Å². The zero-order chi connectivity index (χ0) is 25.0. The van der Waals surface area contributed by atoms with Crippen molar-refractivity contribution < 1.29 is 9.59 Å². The average molecular weight is 585 g/mol. The topological polar surface area (TPSA) is 88.9 Å². The molecule has 0 saturated heterocycles. The van der Waals surface area contributed by atoms with Crippen LogP contribution < -0.4 is 10.6 Å². The Bertz CT molecular complexity index is 1210. The minimum absolute atomic E-state index is 0.133. The Morgan fingerprint density at radius 3 is 2.41 bits per heavy atom. The van der Waals surface area contributed by atoms with Crippen LogP contribution in [0, 0.1) is 13.8 Å². The van der Waals surface area contributed by atoms with Crippen molar-refractivity contribution in [3.8, 4) is 0 Å². The van der Waals surface area contributed by atoms with Gasteiger partial charge < -0.3 is 15.2 Å². The third kappa shape index (κ3) is 6.33. The Hall–Kier alpha value is -2.07. The predicted molar refractivity (Wildman–Crippen MR) is 141 cm³/mol. The number of aryl methyl sites for hydroxylation is 2. The maximum Gasteiger partial charge on any atom is 0.251 e. The number of thioether (sulfide) groups is 1. The molecule has 3 aromatic rings. The summed E-state index contributed by atoms with van der Waals surface area (Å²) in [7, 11) is 0. The zero-order valence-corrected chi connectivity index (χ0v) is 23.0. The van der Waals surface area contributed by atoms with Crippen LogP contribution in [0.4, 0.5) is 5.69 Å². The number of hydrogen-bond acceptors (Lipinski definition) is 5. The van der Waals surface area contributed by atoms with Crippen molar-refractivity contribution >= 4 is 68.4 Å². The first-order chi connectivity index (χ1) is 16.1. The fourth-order valence-electron chi connectivity index (χ4n) is 3.42. The fourth-order valence-corrected chi connectivity index (χ4v) is 5.21. The number of aromatic nitrogens is 3. The summed E-state index contributed by atoms with van der Waals surface area (Å²) in [4.78, 5) is 25.2. The second kappa shape index (κ2) is 11.6. The molecule has 34 heavy (non-hydrogen) atoms. The average Bonchev–Trinajstić information content (AvgIpc) is 3.19. The molecule has 0 aliphatic rings. The lowest BCUT2D eigenvalue weighted by Gasteiger charge is -2.15. The minimum Gasteiger partial charge on any atom is -0.342 e. The van der Waals surface area contributed by atoms with Crippen molar-refractivity contribution in [1.82, 2.24) is 20.1 Å². The summed E-state index contributed by atoms with van der Waals surface area (Å²) in [5.74, 6) is 0.340. The molecule has 180 valence electrons. The predicted octanol–water partition coefficient (Wildman–Crippen LogP) is 6.21. The van der Waals surface area contributed by atoms with Crippen LogP contribution in [0.25, 0.3) is 0 Å². The molecule has 0 fully saturated rings. The lowest BCUT2D eigenvalue weighted by Crippen LogP contribution is -2.28. The van der Waals surface area contributed by atoms with E-state index in [1.807, 2.05) is 44.4 Å². The van der Waals surface area contributed by atoms with Gasteiger partial charge in [0.05, 0.1) is 21.8 Å². The summed E-state index contributed by atoms with van der Waals surface area (Å²) in [6, 6.07) is 8.22. The zero-order valence-electron chi connectivity index (χ0n) is 19.1. The van der Waals surface area contributed by atoms with Crippen LogP contribution >= 0.6 is 50.9 Å². The maximum absolute atomic E-state index is 12.6. The molecule has 2 N–H and O–H groups in total. The van der Waals surface area contributed by atoms with Crippen LogP contribution in [-0.2, 0) is 11.3 Å². The van der Waals surface area contributed by atoms with E-state index in [1.54, 1.807) is 12.1 Å². The van der Waals surface area contributed by atoms with Crippen molar-refractivity contribution in [1.29, 1.82) is 0 Å². The standard InChI is InChI=1S/C23H24BrCl2N5O2S/c1-5-31-21(14(4)27-22(33)15-6-7-17(25)18(26)10-15)29-30-23(31)34-11-19(32)28-20-12(2)8-16(24)9-13(20)3/h6-10,14H,5,11H2,1-4H3,(H,27,33)(H,28,32)/t14-/m0/s1. The fraction of sp³-hybridized carbons (Fsp3) is 0.304. The molecule has 1 aromatic heterocycles.